The first-order valence-corrected chi connectivity index (χ1v) is 10.6. The summed E-state index contributed by atoms with van der Waals surface area (Å²) in [5, 5.41) is 24.0. The molecule has 3 rings (SSSR count). The van der Waals surface area contributed by atoms with Crippen molar-refractivity contribution in [2.45, 2.75) is 31.6 Å². The maximum Gasteiger partial charge on any atom is 0.328 e. The van der Waals surface area contributed by atoms with Crippen molar-refractivity contribution in [3.8, 4) is 11.5 Å². The lowest BCUT2D eigenvalue weighted by atomic mass is 9.81. The molecule has 35 heavy (non-hydrogen) atoms. The zero-order valence-corrected chi connectivity index (χ0v) is 19.2. The highest BCUT2D eigenvalue weighted by Crippen LogP contribution is 2.37. The summed E-state index contributed by atoms with van der Waals surface area (Å²) < 4.78 is 39.7. The molecule has 1 heterocycles. The number of hydrogen-bond acceptors (Lipinski definition) is 7. The Balaban J connectivity index is 1.86. The number of esters is 1. The van der Waals surface area contributed by atoms with E-state index in [1.807, 2.05) is 0 Å². The third-order valence-electron chi connectivity index (χ3n) is 5.47. The number of carbonyl (C=O) groups is 2. The number of methoxy groups -OCH3 is 1. The Hall–Kier alpha value is -4.05. The second-order valence-corrected chi connectivity index (χ2v) is 7.71. The van der Waals surface area contributed by atoms with Gasteiger partial charge in [-0.3, -0.25) is 4.79 Å². The second kappa shape index (κ2) is 10.5. The number of aromatic nitrogens is 1. The summed E-state index contributed by atoms with van der Waals surface area (Å²) in [6, 6.07) is 10.5. The molecular formula is C25H24F2N2O6. The molecular weight excluding hydrogens is 462 g/mol. The van der Waals surface area contributed by atoms with E-state index in [2.05, 4.69) is 10.3 Å². The number of aromatic hydroxyl groups is 1. The molecule has 0 radical (unpaired) electrons. The number of ether oxygens (including phenoxy) is 2. The third kappa shape index (κ3) is 5.07. The molecule has 3 N–H and O–H groups in total. The van der Waals surface area contributed by atoms with Gasteiger partial charge in [0, 0.05) is 23.4 Å². The highest BCUT2D eigenvalue weighted by molar-refractivity contribution is 5.97. The van der Waals surface area contributed by atoms with Gasteiger partial charge in [0.15, 0.2) is 22.8 Å². The van der Waals surface area contributed by atoms with Gasteiger partial charge in [0.1, 0.15) is 23.8 Å². The van der Waals surface area contributed by atoms with Crippen LogP contribution in [0.15, 0.2) is 60.8 Å². The van der Waals surface area contributed by atoms with Crippen LogP contribution >= 0.6 is 0 Å². The van der Waals surface area contributed by atoms with E-state index in [0.717, 1.165) is 12.1 Å². The van der Waals surface area contributed by atoms with Crippen LogP contribution in [0.4, 0.5) is 8.78 Å². The molecule has 10 heteroatoms. The molecule has 1 aromatic heterocycles. The van der Waals surface area contributed by atoms with Gasteiger partial charge in [-0.25, -0.2) is 18.6 Å². The number of nitrogens with one attached hydrogen (secondary N) is 1. The summed E-state index contributed by atoms with van der Waals surface area (Å²) in [6.45, 7) is 2.58. The molecule has 0 aliphatic rings. The Morgan fingerprint density at radius 1 is 1.00 bits per heavy atom. The zero-order valence-electron chi connectivity index (χ0n) is 19.2. The number of nitrogens with zero attached hydrogens (tertiary/aromatic N) is 1. The summed E-state index contributed by atoms with van der Waals surface area (Å²) in [6.07, 6.45) is -0.243. The largest absolute Gasteiger partial charge is 0.503 e. The van der Waals surface area contributed by atoms with E-state index in [9.17, 15) is 28.6 Å². The average molecular weight is 486 g/mol. The van der Waals surface area contributed by atoms with Crippen molar-refractivity contribution in [2.75, 3.05) is 7.11 Å². The van der Waals surface area contributed by atoms with Crippen LogP contribution in [-0.2, 0) is 15.1 Å². The van der Waals surface area contributed by atoms with Crippen LogP contribution in [-0.4, -0.2) is 46.3 Å². The molecule has 0 fully saturated rings. The molecule has 0 saturated heterocycles. The van der Waals surface area contributed by atoms with Gasteiger partial charge >= 0.3 is 5.97 Å². The fourth-order valence-corrected chi connectivity index (χ4v) is 3.58. The molecule has 0 saturated carbocycles. The normalized spacial score (nSPS) is 13.0. The van der Waals surface area contributed by atoms with Gasteiger partial charge in [-0.2, -0.15) is 0 Å². The summed E-state index contributed by atoms with van der Waals surface area (Å²) >= 11 is 0. The molecule has 0 spiro atoms. The van der Waals surface area contributed by atoms with Crippen LogP contribution in [0, 0.1) is 11.6 Å². The van der Waals surface area contributed by atoms with Crippen molar-refractivity contribution in [3.63, 3.8) is 0 Å². The molecule has 3 aromatic rings. The van der Waals surface area contributed by atoms with Crippen LogP contribution in [0.25, 0.3) is 0 Å². The maximum atomic E-state index is 14.7. The lowest BCUT2D eigenvalue weighted by molar-refractivity contribution is -0.162. The molecule has 2 aromatic carbocycles. The first-order valence-electron chi connectivity index (χ1n) is 10.6. The van der Waals surface area contributed by atoms with Crippen LogP contribution in [0.5, 0.6) is 11.5 Å². The van der Waals surface area contributed by atoms with Crippen molar-refractivity contribution in [1.82, 2.24) is 10.3 Å². The Morgan fingerprint density at radius 3 is 2.06 bits per heavy atom. The molecule has 0 bridgehead atoms. The summed E-state index contributed by atoms with van der Waals surface area (Å²) in [5.74, 6) is -4.07. The molecule has 0 unspecified atom stereocenters. The molecule has 2 atom stereocenters. The Bertz CT molecular complexity index is 1190. The summed E-state index contributed by atoms with van der Waals surface area (Å²) in [4.78, 5) is 29.1. The Labute approximate surface area is 200 Å². The van der Waals surface area contributed by atoms with Crippen molar-refractivity contribution in [3.05, 3.63) is 89.2 Å². The van der Waals surface area contributed by atoms with E-state index in [0.29, 0.717) is 0 Å². The first kappa shape index (κ1) is 25.6. The molecule has 1 amide bonds. The molecule has 0 aliphatic carbocycles. The predicted molar refractivity (Wildman–Crippen MR) is 121 cm³/mol. The van der Waals surface area contributed by atoms with Crippen molar-refractivity contribution in [2.24, 2.45) is 0 Å². The molecule has 184 valence electrons. The van der Waals surface area contributed by atoms with E-state index in [-0.39, 0.29) is 22.6 Å². The second-order valence-electron chi connectivity index (χ2n) is 7.71. The minimum atomic E-state index is -2.39. The third-order valence-corrected chi connectivity index (χ3v) is 5.47. The van der Waals surface area contributed by atoms with Gasteiger partial charge in [0.2, 0.25) is 0 Å². The van der Waals surface area contributed by atoms with E-state index < -0.39 is 47.0 Å². The zero-order chi connectivity index (χ0) is 25.8. The number of carbonyl (C=O) groups excluding carboxylic acids is 2. The van der Waals surface area contributed by atoms with Gasteiger partial charge < -0.3 is 25.0 Å². The lowest BCUT2D eigenvalue weighted by Crippen LogP contribution is -2.47. The topological polar surface area (TPSA) is 118 Å². The van der Waals surface area contributed by atoms with Crippen LogP contribution in [0.2, 0.25) is 0 Å². The quantitative estimate of drug-likeness (QED) is 0.419. The van der Waals surface area contributed by atoms with Crippen LogP contribution in [0.3, 0.4) is 0 Å². The molecule has 8 nitrogen and oxygen atoms in total. The fraction of sp³-hybridized carbons (Fsp3) is 0.240. The van der Waals surface area contributed by atoms with E-state index in [4.69, 9.17) is 9.47 Å². The standard InChI is InChI=1S/C25H24F2N2O6/c1-14(29-23(31)21-22(30)20(34-3)12-13-28-21)24(32)35-15(2)25(33,16-8-4-6-10-18(16)26)17-9-5-7-11-19(17)27/h4-15,30,33H,1-3H3,(H,29,31)/t14-,15-/m0/s1. The van der Waals surface area contributed by atoms with Gasteiger partial charge in [-0.15, -0.1) is 0 Å². The number of hydrogen-bond donors (Lipinski definition) is 3. The number of amides is 1. The monoisotopic (exact) mass is 486 g/mol. The van der Waals surface area contributed by atoms with E-state index in [1.165, 1.54) is 69.6 Å². The summed E-state index contributed by atoms with van der Waals surface area (Å²) in [5.41, 5.74) is -3.37. The van der Waals surface area contributed by atoms with Crippen molar-refractivity contribution in [1.29, 1.82) is 0 Å². The number of benzene rings is 2. The highest BCUT2D eigenvalue weighted by atomic mass is 19.1. The van der Waals surface area contributed by atoms with E-state index in [1.54, 1.807) is 0 Å². The average Bonchev–Trinajstić information content (AvgIpc) is 2.84. The van der Waals surface area contributed by atoms with E-state index >= 15 is 0 Å². The minimum Gasteiger partial charge on any atom is -0.503 e. The van der Waals surface area contributed by atoms with Crippen LogP contribution in [0.1, 0.15) is 35.5 Å². The predicted octanol–water partition coefficient (Wildman–Crippen LogP) is 3.06. The highest BCUT2D eigenvalue weighted by Gasteiger charge is 2.44. The van der Waals surface area contributed by atoms with Gasteiger partial charge in [-0.05, 0) is 26.0 Å². The van der Waals surface area contributed by atoms with Gasteiger partial charge in [0.25, 0.3) is 5.91 Å². The lowest BCUT2D eigenvalue weighted by Gasteiger charge is -2.35. The Kier molecular flexibility index (Phi) is 7.65. The fourth-order valence-electron chi connectivity index (χ4n) is 3.58. The number of pyridine rings is 1. The van der Waals surface area contributed by atoms with Gasteiger partial charge in [0.05, 0.1) is 7.11 Å². The minimum absolute atomic E-state index is 0.00819. The number of rotatable bonds is 8. The Morgan fingerprint density at radius 2 is 1.54 bits per heavy atom. The first-order chi connectivity index (χ1) is 16.6. The number of aliphatic hydroxyl groups is 1. The summed E-state index contributed by atoms with van der Waals surface area (Å²) in [7, 11) is 1.30. The van der Waals surface area contributed by atoms with Crippen molar-refractivity contribution >= 4 is 11.9 Å². The SMILES string of the molecule is COc1ccnc(C(=O)N[C@@H](C)C(=O)O[C@@H](C)C(O)(c2ccccc2F)c2ccccc2F)c1O. The van der Waals surface area contributed by atoms with Gasteiger partial charge in [-0.1, -0.05) is 36.4 Å². The molecule has 0 aliphatic heterocycles. The maximum absolute atomic E-state index is 14.7. The smallest absolute Gasteiger partial charge is 0.328 e. The van der Waals surface area contributed by atoms with Crippen LogP contribution < -0.4 is 10.1 Å². The number of halogens is 2. The van der Waals surface area contributed by atoms with Crippen molar-refractivity contribution < 1.29 is 38.1 Å².